The van der Waals surface area contributed by atoms with Crippen LogP contribution in [0.4, 0.5) is 5.82 Å². The summed E-state index contributed by atoms with van der Waals surface area (Å²) in [6, 6.07) is 1.85. The Labute approximate surface area is 94.5 Å². The molecular formula is C8H5Cl2N3S. The molecule has 2 aromatic rings. The maximum absolute atomic E-state index is 5.96. The van der Waals surface area contributed by atoms with Crippen molar-refractivity contribution in [2.45, 2.75) is 0 Å². The van der Waals surface area contributed by atoms with Crippen LogP contribution >= 0.6 is 34.5 Å². The van der Waals surface area contributed by atoms with Gasteiger partial charge < -0.3 is 5.73 Å². The number of hydrogen-bond acceptors (Lipinski definition) is 4. The van der Waals surface area contributed by atoms with Gasteiger partial charge in [0.25, 0.3) is 0 Å². The van der Waals surface area contributed by atoms with Gasteiger partial charge in [-0.3, -0.25) is 0 Å². The molecule has 2 heterocycles. The van der Waals surface area contributed by atoms with Crippen molar-refractivity contribution in [1.82, 2.24) is 9.97 Å². The zero-order valence-electron chi connectivity index (χ0n) is 6.87. The molecule has 0 aliphatic heterocycles. The van der Waals surface area contributed by atoms with E-state index in [4.69, 9.17) is 28.9 Å². The van der Waals surface area contributed by atoms with Gasteiger partial charge in [-0.25, -0.2) is 9.97 Å². The lowest BCUT2D eigenvalue weighted by atomic mass is 10.2. The van der Waals surface area contributed by atoms with Crippen molar-refractivity contribution < 1.29 is 0 Å². The zero-order chi connectivity index (χ0) is 10.1. The van der Waals surface area contributed by atoms with E-state index >= 15 is 0 Å². The maximum atomic E-state index is 5.96. The van der Waals surface area contributed by atoms with E-state index < -0.39 is 0 Å². The topological polar surface area (TPSA) is 51.8 Å². The summed E-state index contributed by atoms with van der Waals surface area (Å²) in [4.78, 5) is 7.82. The second-order valence-electron chi connectivity index (χ2n) is 2.53. The van der Waals surface area contributed by atoms with Crippen LogP contribution in [0.5, 0.6) is 0 Å². The SMILES string of the molecule is Nc1ncnc(-c2ccsc2Cl)c1Cl. The average Bonchev–Trinajstić information content (AvgIpc) is 2.57. The van der Waals surface area contributed by atoms with E-state index in [0.717, 1.165) is 5.56 Å². The fourth-order valence-electron chi connectivity index (χ4n) is 1.03. The zero-order valence-corrected chi connectivity index (χ0v) is 9.20. The van der Waals surface area contributed by atoms with E-state index in [0.29, 0.717) is 15.1 Å². The van der Waals surface area contributed by atoms with E-state index in [9.17, 15) is 0 Å². The summed E-state index contributed by atoms with van der Waals surface area (Å²) in [6.45, 7) is 0. The lowest BCUT2D eigenvalue weighted by Gasteiger charge is -2.02. The number of nitrogens with two attached hydrogens (primary N) is 1. The van der Waals surface area contributed by atoms with Gasteiger partial charge in [-0.1, -0.05) is 23.2 Å². The number of nitrogen functional groups attached to an aromatic ring is 1. The Morgan fingerprint density at radius 3 is 2.71 bits per heavy atom. The number of rotatable bonds is 1. The normalized spacial score (nSPS) is 10.4. The van der Waals surface area contributed by atoms with Crippen LogP contribution in [0, 0.1) is 0 Å². The molecule has 0 aromatic carbocycles. The lowest BCUT2D eigenvalue weighted by Crippen LogP contribution is -1.94. The first-order valence-corrected chi connectivity index (χ1v) is 5.33. The first-order valence-electron chi connectivity index (χ1n) is 3.69. The Balaban J connectivity index is 2.63. The molecule has 0 saturated heterocycles. The highest BCUT2D eigenvalue weighted by Crippen LogP contribution is 2.36. The summed E-state index contributed by atoms with van der Waals surface area (Å²) >= 11 is 13.3. The van der Waals surface area contributed by atoms with Gasteiger partial charge >= 0.3 is 0 Å². The summed E-state index contributed by atoms with van der Waals surface area (Å²) in [7, 11) is 0. The van der Waals surface area contributed by atoms with Crippen molar-refractivity contribution in [2.75, 3.05) is 5.73 Å². The molecule has 0 amide bonds. The molecule has 0 fully saturated rings. The molecule has 0 aliphatic carbocycles. The van der Waals surface area contributed by atoms with E-state index in [2.05, 4.69) is 9.97 Å². The molecule has 0 bridgehead atoms. The molecule has 72 valence electrons. The van der Waals surface area contributed by atoms with Gasteiger partial charge in [-0.2, -0.15) is 0 Å². The Hall–Kier alpha value is -0.840. The summed E-state index contributed by atoms with van der Waals surface area (Å²) < 4.78 is 0.644. The second kappa shape index (κ2) is 3.73. The van der Waals surface area contributed by atoms with Crippen LogP contribution in [0.3, 0.4) is 0 Å². The van der Waals surface area contributed by atoms with Crippen molar-refractivity contribution in [3.63, 3.8) is 0 Å². The van der Waals surface area contributed by atoms with Crippen LogP contribution in [-0.2, 0) is 0 Å². The Bertz CT molecular complexity index is 469. The number of halogens is 2. The van der Waals surface area contributed by atoms with Crippen molar-refractivity contribution in [1.29, 1.82) is 0 Å². The highest BCUT2D eigenvalue weighted by atomic mass is 35.5. The number of hydrogen-bond donors (Lipinski definition) is 1. The standard InChI is InChI=1S/C8H5Cl2N3S/c9-5-6(12-3-13-8(5)11)4-1-2-14-7(4)10/h1-3H,(H2,11,12,13). The monoisotopic (exact) mass is 245 g/mol. The Kier molecular flexibility index (Phi) is 2.58. The van der Waals surface area contributed by atoms with Gasteiger partial charge in [0.1, 0.15) is 21.5 Å². The molecule has 3 nitrogen and oxygen atoms in total. The number of anilines is 1. The van der Waals surface area contributed by atoms with E-state index in [1.807, 2.05) is 11.4 Å². The fourth-order valence-corrected chi connectivity index (χ4v) is 2.16. The molecule has 14 heavy (non-hydrogen) atoms. The summed E-state index contributed by atoms with van der Waals surface area (Å²) in [5.74, 6) is 0.263. The number of aromatic nitrogens is 2. The molecule has 0 unspecified atom stereocenters. The van der Waals surface area contributed by atoms with E-state index in [1.165, 1.54) is 17.7 Å². The molecule has 0 spiro atoms. The molecular weight excluding hydrogens is 241 g/mol. The molecule has 6 heteroatoms. The van der Waals surface area contributed by atoms with Crippen LogP contribution < -0.4 is 5.73 Å². The lowest BCUT2D eigenvalue weighted by molar-refractivity contribution is 1.18. The van der Waals surface area contributed by atoms with E-state index in [1.54, 1.807) is 0 Å². The van der Waals surface area contributed by atoms with E-state index in [-0.39, 0.29) is 5.82 Å². The second-order valence-corrected chi connectivity index (χ2v) is 4.43. The van der Waals surface area contributed by atoms with Crippen molar-refractivity contribution in [2.24, 2.45) is 0 Å². The Morgan fingerprint density at radius 2 is 2.07 bits per heavy atom. The summed E-state index contributed by atoms with van der Waals surface area (Å²) in [5.41, 5.74) is 6.92. The minimum atomic E-state index is 0.263. The van der Waals surface area contributed by atoms with Crippen LogP contribution in [-0.4, -0.2) is 9.97 Å². The summed E-state index contributed by atoms with van der Waals surface area (Å²) in [6.07, 6.45) is 1.37. The van der Waals surface area contributed by atoms with Crippen LogP contribution in [0.2, 0.25) is 9.36 Å². The summed E-state index contributed by atoms with van der Waals surface area (Å²) in [5, 5.41) is 2.21. The number of nitrogens with zero attached hydrogens (tertiary/aromatic N) is 2. The van der Waals surface area contributed by atoms with Gasteiger partial charge in [0.2, 0.25) is 0 Å². The van der Waals surface area contributed by atoms with Crippen molar-refractivity contribution in [3.05, 3.63) is 27.1 Å². The Morgan fingerprint density at radius 1 is 1.29 bits per heavy atom. The third-order valence-corrected chi connectivity index (χ3v) is 3.23. The van der Waals surface area contributed by atoms with Crippen LogP contribution in [0.1, 0.15) is 0 Å². The van der Waals surface area contributed by atoms with Gasteiger partial charge in [0, 0.05) is 5.56 Å². The highest BCUT2D eigenvalue weighted by molar-refractivity contribution is 7.15. The van der Waals surface area contributed by atoms with Crippen molar-refractivity contribution >= 4 is 40.4 Å². The third-order valence-electron chi connectivity index (χ3n) is 1.69. The third kappa shape index (κ3) is 1.56. The maximum Gasteiger partial charge on any atom is 0.146 e. The molecule has 0 saturated carbocycles. The molecule has 0 aliphatic rings. The first-order chi connectivity index (χ1) is 6.70. The average molecular weight is 246 g/mol. The van der Waals surface area contributed by atoms with Crippen LogP contribution in [0.25, 0.3) is 11.3 Å². The largest absolute Gasteiger partial charge is 0.382 e. The molecule has 2 rings (SSSR count). The molecule has 2 aromatic heterocycles. The fraction of sp³-hybridized carbons (Fsp3) is 0. The number of thiophene rings is 1. The predicted octanol–water partition coefficient (Wildman–Crippen LogP) is 3.09. The molecule has 0 radical (unpaired) electrons. The van der Waals surface area contributed by atoms with Crippen molar-refractivity contribution in [3.8, 4) is 11.3 Å². The molecule has 0 atom stereocenters. The predicted molar refractivity (Wildman–Crippen MR) is 59.8 cm³/mol. The highest BCUT2D eigenvalue weighted by Gasteiger charge is 2.12. The molecule has 2 N–H and O–H groups in total. The first kappa shape index (κ1) is 9.71. The van der Waals surface area contributed by atoms with Gasteiger partial charge in [0.15, 0.2) is 0 Å². The van der Waals surface area contributed by atoms with Gasteiger partial charge in [0.05, 0.1) is 5.69 Å². The quantitative estimate of drug-likeness (QED) is 0.841. The minimum Gasteiger partial charge on any atom is -0.382 e. The van der Waals surface area contributed by atoms with Gasteiger partial charge in [-0.05, 0) is 11.4 Å². The smallest absolute Gasteiger partial charge is 0.146 e. The van der Waals surface area contributed by atoms with Gasteiger partial charge in [-0.15, -0.1) is 11.3 Å². The van der Waals surface area contributed by atoms with Crippen LogP contribution in [0.15, 0.2) is 17.8 Å². The minimum absolute atomic E-state index is 0.263.